The zero-order valence-corrected chi connectivity index (χ0v) is 13.5. The maximum absolute atomic E-state index is 7.57. The Kier molecular flexibility index (Phi) is 16.1. The van der Waals surface area contributed by atoms with Crippen molar-refractivity contribution in [1.82, 2.24) is 0 Å². The summed E-state index contributed by atoms with van der Waals surface area (Å²) in [6.45, 7) is 1.93. The van der Waals surface area contributed by atoms with E-state index in [1.54, 1.807) is 6.92 Å². The van der Waals surface area contributed by atoms with Crippen LogP contribution in [-0.2, 0) is 4.81 Å². The molecule has 92 valence electrons. The molecule has 0 bridgehead atoms. The fraction of sp³-hybridized carbons (Fsp3) is 0.250. The molecule has 1 aromatic carbocycles. The van der Waals surface area contributed by atoms with E-state index in [-0.39, 0.29) is 6.61 Å². The predicted octanol–water partition coefficient (Wildman–Crippen LogP) is -1.21. The maximum atomic E-state index is 7.57. The van der Waals surface area contributed by atoms with Crippen LogP contribution in [0.3, 0.4) is 0 Å². The van der Waals surface area contributed by atoms with E-state index in [1.807, 2.05) is 30.3 Å². The normalized spacial score (nSPS) is 8.06. The Morgan fingerprint density at radius 3 is 1.81 bits per heavy atom. The molecule has 4 N–H and O–H groups in total. The van der Waals surface area contributed by atoms with E-state index in [0.717, 1.165) is 5.75 Å². The molecular weight excluding hydrogens is 276 g/mol. The minimum atomic E-state index is -2.06. The van der Waals surface area contributed by atoms with Gasteiger partial charge in [-0.15, -0.1) is 0 Å². The van der Waals surface area contributed by atoms with Crippen molar-refractivity contribution in [1.29, 1.82) is 0 Å². The Hall–Kier alpha value is -0.572. The summed E-state index contributed by atoms with van der Waals surface area (Å²) < 4.78 is 5.10. The third-order valence-corrected chi connectivity index (χ3v) is 2.06. The van der Waals surface area contributed by atoms with Crippen LogP contribution in [-0.4, -0.2) is 51.2 Å². The Morgan fingerprint density at radius 2 is 1.62 bits per heavy atom. The first-order valence-corrected chi connectivity index (χ1v) is 6.19. The quantitative estimate of drug-likeness (QED) is 0.310. The summed E-state index contributed by atoms with van der Waals surface area (Å²) in [5.74, 6) is 0.993. The molecule has 0 unspecified atom stereocenters. The zero-order chi connectivity index (χ0) is 12.8. The molecule has 1 aromatic rings. The van der Waals surface area contributed by atoms with Crippen molar-refractivity contribution in [2.75, 3.05) is 6.61 Å². The average molecular weight is 293 g/mol. The van der Waals surface area contributed by atoms with Gasteiger partial charge < -0.3 is 15.2 Å². The molecule has 16 heavy (non-hydrogen) atoms. The number of benzene rings is 1. The standard InChI is InChI=1S/C6H8GeO.C2H6O.BH3O4/c7-8-6-4-2-1-3-5-6;1-2-3;2-1(3)5-4/h1-5H,7H3;3H,2H2,1H3;2-4H. The summed E-state index contributed by atoms with van der Waals surface area (Å²) in [4.78, 5) is 2.86. The van der Waals surface area contributed by atoms with E-state index < -0.39 is 7.32 Å². The molecule has 0 saturated carbocycles. The van der Waals surface area contributed by atoms with Gasteiger partial charge in [0.05, 0.1) is 0 Å². The van der Waals surface area contributed by atoms with Crippen LogP contribution in [0.25, 0.3) is 0 Å². The zero-order valence-electron chi connectivity index (χ0n) is 9.28. The Labute approximate surface area is 103 Å². The summed E-state index contributed by atoms with van der Waals surface area (Å²) in [6, 6.07) is 9.86. The van der Waals surface area contributed by atoms with Crippen LogP contribution in [0.4, 0.5) is 0 Å². The van der Waals surface area contributed by atoms with Crippen LogP contribution in [0.1, 0.15) is 6.92 Å². The molecule has 0 aliphatic rings. The second-order valence-electron chi connectivity index (χ2n) is 2.27. The molecule has 1 rings (SSSR count). The van der Waals surface area contributed by atoms with Crippen LogP contribution in [0.15, 0.2) is 30.3 Å². The van der Waals surface area contributed by atoms with Gasteiger partial charge in [0.2, 0.25) is 0 Å². The van der Waals surface area contributed by atoms with Crippen LogP contribution in [0, 0.1) is 0 Å². The van der Waals surface area contributed by atoms with Crippen molar-refractivity contribution in [3.63, 3.8) is 0 Å². The third kappa shape index (κ3) is 15.9. The molecule has 6 nitrogen and oxygen atoms in total. The van der Waals surface area contributed by atoms with Gasteiger partial charge in [-0.2, -0.15) is 0 Å². The van der Waals surface area contributed by atoms with Gasteiger partial charge in [0.15, 0.2) is 0 Å². The molecule has 0 aliphatic heterocycles. The molecule has 0 spiro atoms. The van der Waals surface area contributed by atoms with Crippen molar-refractivity contribution in [3.05, 3.63) is 30.3 Å². The monoisotopic (exact) mass is 294 g/mol. The summed E-state index contributed by atoms with van der Waals surface area (Å²) >= 11 is 0.467. The molecule has 0 fully saturated rings. The van der Waals surface area contributed by atoms with Gasteiger partial charge in [0.1, 0.15) is 0 Å². The van der Waals surface area contributed by atoms with Gasteiger partial charge in [-0.3, -0.25) is 5.26 Å². The van der Waals surface area contributed by atoms with E-state index in [2.05, 4.69) is 4.81 Å². The molecular formula is C8H17BGeO6. The number of para-hydroxylation sites is 1. The molecule has 0 aromatic heterocycles. The van der Waals surface area contributed by atoms with Gasteiger partial charge in [-0.05, 0) is 6.92 Å². The topological polar surface area (TPSA) is 99.4 Å². The molecule has 0 atom stereocenters. The average Bonchev–Trinajstić information content (AvgIpc) is 2.32. The molecule has 8 heteroatoms. The number of hydrogen-bond donors (Lipinski definition) is 4. The molecule has 0 radical (unpaired) electrons. The molecule has 0 amide bonds. The summed E-state index contributed by atoms with van der Waals surface area (Å²) in [7, 11) is -2.06. The van der Waals surface area contributed by atoms with Gasteiger partial charge in [-0.25, -0.2) is 4.81 Å². The summed E-state index contributed by atoms with van der Waals surface area (Å²) in [5, 5.41) is 29.6. The third-order valence-electron chi connectivity index (χ3n) is 1.07. The summed E-state index contributed by atoms with van der Waals surface area (Å²) in [5.41, 5.74) is 0. The number of aliphatic hydroxyl groups excluding tert-OH is 1. The van der Waals surface area contributed by atoms with Crippen LogP contribution >= 0.6 is 0 Å². The number of aliphatic hydroxyl groups is 1. The first-order valence-electron chi connectivity index (χ1n) is 4.48. The fourth-order valence-corrected chi connectivity index (χ4v) is 1.13. The predicted molar refractivity (Wildman–Crippen MR) is 63.7 cm³/mol. The summed E-state index contributed by atoms with van der Waals surface area (Å²) in [6.07, 6.45) is 0. The number of rotatable bonds is 2. The van der Waals surface area contributed by atoms with Crippen molar-refractivity contribution in [2.45, 2.75) is 6.92 Å². The fourth-order valence-electron chi connectivity index (χ4n) is 0.557. The second kappa shape index (κ2) is 14.4. The Balaban J connectivity index is 0. The number of hydrogen-bond acceptors (Lipinski definition) is 6. The van der Waals surface area contributed by atoms with E-state index in [0.29, 0.717) is 16.9 Å². The Morgan fingerprint density at radius 1 is 1.25 bits per heavy atom. The van der Waals surface area contributed by atoms with Gasteiger partial charge in [0.25, 0.3) is 0 Å². The van der Waals surface area contributed by atoms with Gasteiger partial charge in [-0.1, -0.05) is 0 Å². The second-order valence-corrected chi connectivity index (χ2v) is 3.12. The van der Waals surface area contributed by atoms with E-state index in [9.17, 15) is 0 Å². The van der Waals surface area contributed by atoms with Crippen molar-refractivity contribution >= 4 is 24.2 Å². The van der Waals surface area contributed by atoms with Gasteiger partial charge >= 0.3 is 64.0 Å². The molecule has 0 aliphatic carbocycles. The van der Waals surface area contributed by atoms with Crippen molar-refractivity contribution in [2.24, 2.45) is 0 Å². The van der Waals surface area contributed by atoms with Crippen molar-refractivity contribution < 1.29 is 29.0 Å². The molecule has 0 heterocycles. The molecule has 0 saturated heterocycles. The van der Waals surface area contributed by atoms with Crippen LogP contribution < -0.4 is 3.76 Å². The minimum absolute atomic E-state index is 0.250. The van der Waals surface area contributed by atoms with Crippen LogP contribution in [0.2, 0.25) is 0 Å². The van der Waals surface area contributed by atoms with E-state index >= 15 is 0 Å². The Bertz CT molecular complexity index is 223. The first-order chi connectivity index (χ1) is 7.62. The van der Waals surface area contributed by atoms with Crippen LogP contribution in [0.5, 0.6) is 5.75 Å². The van der Waals surface area contributed by atoms with E-state index in [1.165, 1.54) is 0 Å². The SMILES string of the molecule is CCO.OOB(O)O.[GeH3][O]c1ccccc1. The first kappa shape index (κ1) is 17.8. The van der Waals surface area contributed by atoms with Crippen molar-refractivity contribution in [3.8, 4) is 5.75 Å². The van der Waals surface area contributed by atoms with Gasteiger partial charge in [0, 0.05) is 6.61 Å². The van der Waals surface area contributed by atoms with E-state index in [4.69, 9.17) is 24.2 Å².